The van der Waals surface area contributed by atoms with Crippen LogP contribution in [0.2, 0.25) is 0 Å². The van der Waals surface area contributed by atoms with Gasteiger partial charge in [-0.2, -0.15) is 0 Å². The van der Waals surface area contributed by atoms with E-state index in [0.717, 1.165) is 12.0 Å². The molecule has 112 valence electrons. The molecule has 0 aromatic heterocycles. The maximum atomic E-state index is 9.91. The molecule has 0 spiro atoms. The van der Waals surface area contributed by atoms with E-state index in [1.165, 1.54) is 17.2 Å². The Bertz CT molecular complexity index is 593. The second kappa shape index (κ2) is 6.64. The number of benzene rings is 2. The van der Waals surface area contributed by atoms with E-state index >= 15 is 0 Å². The Morgan fingerprint density at radius 1 is 0.952 bits per heavy atom. The molecule has 0 saturated heterocycles. The van der Waals surface area contributed by atoms with Crippen molar-refractivity contribution in [1.82, 2.24) is 5.32 Å². The Morgan fingerprint density at radius 2 is 1.62 bits per heavy atom. The SMILES string of the molecule is CCc1ccc(C(C)NC(C)c2ccc(O)cc2O)cc1. The van der Waals surface area contributed by atoms with Crippen molar-refractivity contribution in [3.63, 3.8) is 0 Å². The quantitative estimate of drug-likeness (QED) is 0.776. The van der Waals surface area contributed by atoms with E-state index < -0.39 is 0 Å². The van der Waals surface area contributed by atoms with E-state index in [0.29, 0.717) is 0 Å². The van der Waals surface area contributed by atoms with Crippen molar-refractivity contribution in [1.29, 1.82) is 0 Å². The van der Waals surface area contributed by atoms with Crippen molar-refractivity contribution < 1.29 is 10.2 Å². The summed E-state index contributed by atoms with van der Waals surface area (Å²) in [5.41, 5.74) is 3.33. The molecule has 0 fully saturated rings. The van der Waals surface area contributed by atoms with Gasteiger partial charge in [-0.15, -0.1) is 0 Å². The lowest BCUT2D eigenvalue weighted by Crippen LogP contribution is -2.22. The number of hydrogen-bond acceptors (Lipinski definition) is 3. The molecule has 2 atom stereocenters. The molecule has 3 N–H and O–H groups in total. The highest BCUT2D eigenvalue weighted by atomic mass is 16.3. The molecule has 2 rings (SSSR count). The third kappa shape index (κ3) is 3.76. The van der Waals surface area contributed by atoms with Gasteiger partial charge < -0.3 is 15.5 Å². The first-order valence-corrected chi connectivity index (χ1v) is 7.38. The van der Waals surface area contributed by atoms with Crippen LogP contribution in [-0.2, 0) is 6.42 Å². The molecule has 0 aliphatic carbocycles. The zero-order valence-electron chi connectivity index (χ0n) is 12.8. The molecule has 0 aliphatic heterocycles. The average molecular weight is 285 g/mol. The molecule has 2 aromatic rings. The van der Waals surface area contributed by atoms with Gasteiger partial charge in [-0.25, -0.2) is 0 Å². The Labute approximate surface area is 126 Å². The van der Waals surface area contributed by atoms with Crippen molar-refractivity contribution in [3.8, 4) is 11.5 Å². The van der Waals surface area contributed by atoms with Gasteiger partial charge >= 0.3 is 0 Å². The van der Waals surface area contributed by atoms with Crippen LogP contribution in [0.4, 0.5) is 0 Å². The fraction of sp³-hybridized carbons (Fsp3) is 0.333. The summed E-state index contributed by atoms with van der Waals surface area (Å²) in [6.07, 6.45) is 1.04. The topological polar surface area (TPSA) is 52.5 Å². The van der Waals surface area contributed by atoms with E-state index in [2.05, 4.69) is 43.4 Å². The maximum absolute atomic E-state index is 9.91. The number of phenols is 2. The highest BCUT2D eigenvalue weighted by molar-refractivity contribution is 5.40. The van der Waals surface area contributed by atoms with Crippen LogP contribution in [-0.4, -0.2) is 10.2 Å². The molecule has 3 heteroatoms. The average Bonchev–Trinajstić information content (AvgIpc) is 2.47. The molecule has 21 heavy (non-hydrogen) atoms. The standard InChI is InChI=1S/C18H23NO2/c1-4-14-5-7-15(8-6-14)12(2)19-13(3)17-10-9-16(20)11-18(17)21/h5-13,19-21H,4H2,1-3H3. The Hall–Kier alpha value is -2.00. The molecule has 2 unspecified atom stereocenters. The Morgan fingerprint density at radius 3 is 2.19 bits per heavy atom. The van der Waals surface area contributed by atoms with Gasteiger partial charge in [-0.05, 0) is 37.5 Å². The molecule has 3 nitrogen and oxygen atoms in total. The Balaban J connectivity index is 2.08. The van der Waals surface area contributed by atoms with Crippen molar-refractivity contribution >= 4 is 0 Å². The smallest absolute Gasteiger partial charge is 0.124 e. The summed E-state index contributed by atoms with van der Waals surface area (Å²) in [6.45, 7) is 6.25. The molecule has 0 aliphatic rings. The summed E-state index contributed by atoms with van der Waals surface area (Å²) >= 11 is 0. The first kappa shape index (κ1) is 15.4. The number of hydrogen-bond donors (Lipinski definition) is 3. The summed E-state index contributed by atoms with van der Waals surface area (Å²) in [7, 11) is 0. The molecular weight excluding hydrogens is 262 g/mol. The normalized spacial score (nSPS) is 13.9. The van der Waals surface area contributed by atoms with Crippen LogP contribution in [0.3, 0.4) is 0 Å². The molecule has 0 radical (unpaired) electrons. The monoisotopic (exact) mass is 285 g/mol. The zero-order valence-corrected chi connectivity index (χ0v) is 12.8. The van der Waals surface area contributed by atoms with Crippen LogP contribution in [0.5, 0.6) is 11.5 Å². The third-order valence-corrected chi connectivity index (χ3v) is 3.87. The first-order chi connectivity index (χ1) is 10.0. The summed E-state index contributed by atoms with van der Waals surface area (Å²) in [4.78, 5) is 0. The van der Waals surface area contributed by atoms with Gasteiger partial charge in [0.2, 0.25) is 0 Å². The van der Waals surface area contributed by atoms with Gasteiger partial charge in [-0.3, -0.25) is 0 Å². The molecular formula is C18H23NO2. The fourth-order valence-electron chi connectivity index (χ4n) is 2.50. The minimum atomic E-state index is -0.00792. The van der Waals surface area contributed by atoms with Crippen LogP contribution in [0.15, 0.2) is 42.5 Å². The van der Waals surface area contributed by atoms with E-state index in [-0.39, 0.29) is 23.6 Å². The predicted octanol–water partition coefficient (Wildman–Crippen LogP) is 4.07. The van der Waals surface area contributed by atoms with E-state index in [9.17, 15) is 10.2 Å². The zero-order chi connectivity index (χ0) is 15.4. The number of rotatable bonds is 5. The van der Waals surface area contributed by atoms with Crippen molar-refractivity contribution in [2.45, 2.75) is 39.3 Å². The summed E-state index contributed by atoms with van der Waals surface area (Å²) in [5.74, 6) is 0.190. The second-order valence-electron chi connectivity index (χ2n) is 5.45. The van der Waals surface area contributed by atoms with Crippen LogP contribution in [0.25, 0.3) is 0 Å². The van der Waals surface area contributed by atoms with Crippen molar-refractivity contribution in [3.05, 3.63) is 59.2 Å². The molecule has 0 amide bonds. The molecule has 0 saturated carbocycles. The predicted molar refractivity (Wildman–Crippen MR) is 85.6 cm³/mol. The summed E-state index contributed by atoms with van der Waals surface area (Å²) in [6, 6.07) is 13.5. The van der Waals surface area contributed by atoms with Gasteiger partial charge in [0.05, 0.1) is 0 Å². The van der Waals surface area contributed by atoms with Crippen molar-refractivity contribution in [2.75, 3.05) is 0 Å². The minimum Gasteiger partial charge on any atom is -0.508 e. The van der Waals surface area contributed by atoms with Crippen molar-refractivity contribution in [2.24, 2.45) is 0 Å². The maximum Gasteiger partial charge on any atom is 0.124 e. The van der Waals surface area contributed by atoms with Gasteiger partial charge in [0, 0.05) is 23.7 Å². The first-order valence-electron chi connectivity index (χ1n) is 7.38. The number of aromatic hydroxyl groups is 2. The lowest BCUT2D eigenvalue weighted by molar-refractivity contribution is 0.427. The van der Waals surface area contributed by atoms with Gasteiger partial charge in [0.25, 0.3) is 0 Å². The lowest BCUT2D eigenvalue weighted by atomic mass is 10.0. The van der Waals surface area contributed by atoms with Crippen LogP contribution < -0.4 is 5.32 Å². The number of phenolic OH excluding ortho intramolecular Hbond substituents is 2. The van der Waals surface area contributed by atoms with E-state index in [1.807, 2.05) is 6.92 Å². The largest absolute Gasteiger partial charge is 0.508 e. The summed E-state index contributed by atoms with van der Waals surface area (Å²) in [5, 5.41) is 22.7. The summed E-state index contributed by atoms with van der Waals surface area (Å²) < 4.78 is 0. The lowest BCUT2D eigenvalue weighted by Gasteiger charge is -2.21. The highest BCUT2D eigenvalue weighted by Gasteiger charge is 2.14. The molecule has 2 aromatic carbocycles. The van der Waals surface area contributed by atoms with Crippen LogP contribution in [0.1, 0.15) is 49.5 Å². The second-order valence-corrected chi connectivity index (χ2v) is 5.45. The number of aryl methyl sites for hydroxylation is 1. The minimum absolute atomic E-state index is 0.00792. The fourth-order valence-corrected chi connectivity index (χ4v) is 2.50. The third-order valence-electron chi connectivity index (χ3n) is 3.87. The molecule has 0 heterocycles. The van der Waals surface area contributed by atoms with Crippen LogP contribution in [0, 0.1) is 0 Å². The highest BCUT2D eigenvalue weighted by Crippen LogP contribution is 2.29. The Kier molecular flexibility index (Phi) is 4.86. The van der Waals surface area contributed by atoms with Gasteiger partial charge in [0.15, 0.2) is 0 Å². The van der Waals surface area contributed by atoms with E-state index in [4.69, 9.17) is 0 Å². The number of nitrogens with one attached hydrogen (secondary N) is 1. The molecule has 0 bridgehead atoms. The van der Waals surface area contributed by atoms with Crippen LogP contribution >= 0.6 is 0 Å². The van der Waals surface area contributed by atoms with Gasteiger partial charge in [0.1, 0.15) is 11.5 Å². The van der Waals surface area contributed by atoms with E-state index in [1.54, 1.807) is 12.1 Å². The van der Waals surface area contributed by atoms with Gasteiger partial charge in [-0.1, -0.05) is 37.3 Å².